The molecule has 0 amide bonds. The first-order valence-electron chi connectivity index (χ1n) is 3.91. The molecule has 0 aromatic carbocycles. The number of pyridine rings is 1. The summed E-state index contributed by atoms with van der Waals surface area (Å²) in [7, 11) is 0. The molecule has 0 N–H and O–H groups in total. The van der Waals surface area contributed by atoms with Gasteiger partial charge < -0.3 is 0 Å². The van der Waals surface area contributed by atoms with E-state index in [1.54, 1.807) is 0 Å². The number of halogens is 1. The summed E-state index contributed by atoms with van der Waals surface area (Å²) in [4.78, 5) is 4.30. The molecule has 0 saturated heterocycles. The average Bonchev–Trinajstić information content (AvgIpc) is 2.05. The lowest BCUT2D eigenvalue weighted by molar-refractivity contribution is 0.986. The fourth-order valence-corrected chi connectivity index (χ4v) is 2.13. The zero-order chi connectivity index (χ0) is 8.27. The van der Waals surface area contributed by atoms with Crippen LogP contribution in [-0.4, -0.2) is 4.98 Å². The molecule has 60 valence electrons. The van der Waals surface area contributed by atoms with Crippen LogP contribution in [0.25, 0.3) is 0 Å². The molecule has 1 nitrogen and oxygen atoms in total. The number of rotatable bonds is 2. The van der Waals surface area contributed by atoms with Gasteiger partial charge in [0.05, 0.1) is 5.69 Å². The summed E-state index contributed by atoms with van der Waals surface area (Å²) in [5.74, 6) is 0. The zero-order valence-electron chi connectivity index (χ0n) is 6.89. The van der Waals surface area contributed by atoms with E-state index in [1.165, 1.54) is 14.8 Å². The first-order valence-corrected chi connectivity index (χ1v) is 4.99. The molecule has 0 atom stereocenters. The van der Waals surface area contributed by atoms with Crippen molar-refractivity contribution in [3.8, 4) is 0 Å². The van der Waals surface area contributed by atoms with Gasteiger partial charge in [0.15, 0.2) is 0 Å². The smallest absolute Gasteiger partial charge is 0.0536 e. The van der Waals surface area contributed by atoms with Gasteiger partial charge in [-0.15, -0.1) is 0 Å². The quantitative estimate of drug-likeness (QED) is 0.746. The molecular formula is C9H12IN. The second-order valence-corrected chi connectivity index (χ2v) is 3.52. The van der Waals surface area contributed by atoms with Crippen LogP contribution >= 0.6 is 22.6 Å². The van der Waals surface area contributed by atoms with Crippen molar-refractivity contribution in [2.45, 2.75) is 26.7 Å². The summed E-state index contributed by atoms with van der Waals surface area (Å²) in [6.07, 6.45) is 4.04. The topological polar surface area (TPSA) is 12.9 Å². The van der Waals surface area contributed by atoms with E-state index in [-0.39, 0.29) is 0 Å². The van der Waals surface area contributed by atoms with Crippen molar-refractivity contribution >= 4 is 22.6 Å². The van der Waals surface area contributed by atoms with Crippen LogP contribution in [-0.2, 0) is 12.8 Å². The summed E-state index contributed by atoms with van der Waals surface area (Å²) in [6.45, 7) is 4.32. The molecule has 1 aromatic heterocycles. The third-order valence-corrected chi connectivity index (χ3v) is 3.07. The highest BCUT2D eigenvalue weighted by Crippen LogP contribution is 2.15. The van der Waals surface area contributed by atoms with Gasteiger partial charge in [-0.05, 0) is 47.1 Å². The number of aromatic nitrogens is 1. The standard InChI is InChI=1S/C9H12IN/c1-3-7-5-6-11-8(4-2)9(7)10/h5-6H,3-4H2,1-2H3. The lowest BCUT2D eigenvalue weighted by atomic mass is 10.1. The van der Waals surface area contributed by atoms with E-state index in [2.05, 4.69) is 47.5 Å². The molecule has 0 aliphatic heterocycles. The van der Waals surface area contributed by atoms with E-state index < -0.39 is 0 Å². The maximum atomic E-state index is 4.30. The number of aryl methyl sites for hydroxylation is 2. The monoisotopic (exact) mass is 261 g/mol. The van der Waals surface area contributed by atoms with Crippen molar-refractivity contribution in [1.29, 1.82) is 0 Å². The summed E-state index contributed by atoms with van der Waals surface area (Å²) in [5.41, 5.74) is 2.64. The van der Waals surface area contributed by atoms with Crippen molar-refractivity contribution < 1.29 is 0 Å². The highest BCUT2D eigenvalue weighted by Gasteiger charge is 2.01. The maximum Gasteiger partial charge on any atom is 0.0536 e. The third kappa shape index (κ3) is 1.92. The van der Waals surface area contributed by atoms with E-state index in [4.69, 9.17) is 0 Å². The second kappa shape index (κ2) is 4.04. The molecule has 11 heavy (non-hydrogen) atoms. The summed E-state index contributed by atoms with van der Waals surface area (Å²) >= 11 is 2.38. The Morgan fingerprint density at radius 2 is 2.09 bits per heavy atom. The molecule has 1 aromatic rings. The molecule has 0 spiro atoms. The molecule has 2 heteroatoms. The van der Waals surface area contributed by atoms with Crippen LogP contribution in [0.2, 0.25) is 0 Å². The van der Waals surface area contributed by atoms with Crippen LogP contribution in [0.1, 0.15) is 25.1 Å². The van der Waals surface area contributed by atoms with E-state index in [9.17, 15) is 0 Å². The van der Waals surface area contributed by atoms with Gasteiger partial charge in [0.1, 0.15) is 0 Å². The molecule has 1 rings (SSSR count). The first-order chi connectivity index (χ1) is 5.29. The molecule has 0 saturated carbocycles. The number of nitrogens with zero attached hydrogens (tertiary/aromatic N) is 1. The third-order valence-electron chi connectivity index (χ3n) is 1.76. The van der Waals surface area contributed by atoms with Gasteiger partial charge in [0.25, 0.3) is 0 Å². The van der Waals surface area contributed by atoms with Crippen molar-refractivity contribution in [2.75, 3.05) is 0 Å². The van der Waals surface area contributed by atoms with Gasteiger partial charge in [-0.2, -0.15) is 0 Å². The average molecular weight is 261 g/mol. The van der Waals surface area contributed by atoms with E-state index >= 15 is 0 Å². The largest absolute Gasteiger partial charge is 0.260 e. The zero-order valence-corrected chi connectivity index (χ0v) is 9.05. The highest BCUT2D eigenvalue weighted by molar-refractivity contribution is 14.1. The minimum Gasteiger partial charge on any atom is -0.260 e. The predicted molar refractivity (Wildman–Crippen MR) is 55.7 cm³/mol. The Morgan fingerprint density at radius 3 is 2.64 bits per heavy atom. The summed E-state index contributed by atoms with van der Waals surface area (Å²) < 4.78 is 1.34. The van der Waals surface area contributed by atoms with Crippen LogP contribution in [0, 0.1) is 3.57 Å². The Labute approximate surface area is 81.4 Å². The molecule has 0 bridgehead atoms. The minimum atomic E-state index is 1.03. The Morgan fingerprint density at radius 1 is 1.36 bits per heavy atom. The molecule has 0 fully saturated rings. The van der Waals surface area contributed by atoms with Crippen LogP contribution in [0.15, 0.2) is 12.3 Å². The van der Waals surface area contributed by atoms with Crippen LogP contribution in [0.3, 0.4) is 0 Å². The normalized spacial score (nSPS) is 10.1. The van der Waals surface area contributed by atoms with Crippen LogP contribution in [0.5, 0.6) is 0 Å². The molecular weight excluding hydrogens is 249 g/mol. The Hall–Kier alpha value is -0.120. The number of hydrogen-bond acceptors (Lipinski definition) is 1. The fourth-order valence-electron chi connectivity index (χ4n) is 1.05. The van der Waals surface area contributed by atoms with Gasteiger partial charge in [-0.1, -0.05) is 13.8 Å². The van der Waals surface area contributed by atoms with Crippen molar-refractivity contribution in [1.82, 2.24) is 4.98 Å². The van der Waals surface area contributed by atoms with Gasteiger partial charge >= 0.3 is 0 Å². The molecule has 0 aliphatic rings. The minimum absolute atomic E-state index is 1.03. The maximum absolute atomic E-state index is 4.30. The predicted octanol–water partition coefficient (Wildman–Crippen LogP) is 2.81. The van der Waals surface area contributed by atoms with E-state index in [0.29, 0.717) is 0 Å². The van der Waals surface area contributed by atoms with Crippen molar-refractivity contribution in [3.05, 3.63) is 27.1 Å². The fraction of sp³-hybridized carbons (Fsp3) is 0.444. The van der Waals surface area contributed by atoms with Gasteiger partial charge in [-0.25, -0.2) is 0 Å². The van der Waals surface area contributed by atoms with E-state index in [0.717, 1.165) is 12.8 Å². The van der Waals surface area contributed by atoms with Gasteiger partial charge in [-0.3, -0.25) is 4.98 Å². The Balaban J connectivity index is 3.10. The SMILES string of the molecule is CCc1ccnc(CC)c1I. The molecule has 0 unspecified atom stereocenters. The summed E-state index contributed by atoms with van der Waals surface area (Å²) in [6, 6.07) is 2.10. The Kier molecular flexibility index (Phi) is 3.30. The second-order valence-electron chi connectivity index (χ2n) is 2.44. The molecule has 0 radical (unpaired) electrons. The lowest BCUT2D eigenvalue weighted by Gasteiger charge is -2.04. The number of hydrogen-bond donors (Lipinski definition) is 0. The Bertz CT molecular complexity index is 223. The van der Waals surface area contributed by atoms with Gasteiger partial charge in [0, 0.05) is 9.77 Å². The molecule has 0 aliphatic carbocycles. The summed E-state index contributed by atoms with van der Waals surface area (Å²) in [5, 5.41) is 0. The van der Waals surface area contributed by atoms with Crippen molar-refractivity contribution in [3.63, 3.8) is 0 Å². The first kappa shape index (κ1) is 8.97. The van der Waals surface area contributed by atoms with E-state index in [1.807, 2.05) is 6.20 Å². The van der Waals surface area contributed by atoms with Crippen LogP contribution in [0.4, 0.5) is 0 Å². The highest BCUT2D eigenvalue weighted by atomic mass is 127. The molecule has 1 heterocycles. The van der Waals surface area contributed by atoms with Crippen molar-refractivity contribution in [2.24, 2.45) is 0 Å². The lowest BCUT2D eigenvalue weighted by Crippen LogP contribution is -1.95. The van der Waals surface area contributed by atoms with Gasteiger partial charge in [0.2, 0.25) is 0 Å². The van der Waals surface area contributed by atoms with Crippen LogP contribution < -0.4 is 0 Å².